The van der Waals surface area contributed by atoms with Crippen LogP contribution in [0.3, 0.4) is 0 Å². The van der Waals surface area contributed by atoms with E-state index in [0.717, 1.165) is 11.7 Å². The van der Waals surface area contributed by atoms with Crippen molar-refractivity contribution in [2.75, 3.05) is 30.4 Å². The highest BCUT2D eigenvalue weighted by Gasteiger charge is 2.18. The SMILES string of the molecule is CCC1CCCN(c2ccnc(NC)c2)C1. The topological polar surface area (TPSA) is 28.2 Å². The van der Waals surface area contributed by atoms with Crippen molar-refractivity contribution in [1.82, 2.24) is 4.98 Å². The van der Waals surface area contributed by atoms with Gasteiger partial charge in [-0.1, -0.05) is 13.3 Å². The number of aromatic nitrogens is 1. The van der Waals surface area contributed by atoms with Gasteiger partial charge in [-0.15, -0.1) is 0 Å². The fourth-order valence-corrected chi connectivity index (χ4v) is 2.39. The molecule has 0 saturated carbocycles. The molecule has 0 aliphatic carbocycles. The van der Waals surface area contributed by atoms with Gasteiger partial charge in [-0.2, -0.15) is 0 Å². The molecule has 1 unspecified atom stereocenters. The average Bonchev–Trinajstić information content (AvgIpc) is 2.39. The van der Waals surface area contributed by atoms with Gasteiger partial charge in [0.25, 0.3) is 0 Å². The maximum Gasteiger partial charge on any atom is 0.127 e. The van der Waals surface area contributed by atoms with E-state index in [1.165, 1.54) is 38.0 Å². The van der Waals surface area contributed by atoms with Crippen LogP contribution in [0.2, 0.25) is 0 Å². The molecule has 1 fully saturated rings. The number of nitrogens with one attached hydrogen (secondary N) is 1. The maximum atomic E-state index is 4.25. The van der Waals surface area contributed by atoms with Crippen molar-refractivity contribution in [1.29, 1.82) is 0 Å². The quantitative estimate of drug-likeness (QED) is 0.847. The molecule has 1 aromatic heterocycles. The molecule has 1 aliphatic heterocycles. The monoisotopic (exact) mass is 219 g/mol. The maximum absolute atomic E-state index is 4.25. The van der Waals surface area contributed by atoms with Gasteiger partial charge in [-0.25, -0.2) is 4.98 Å². The molecule has 1 aromatic rings. The summed E-state index contributed by atoms with van der Waals surface area (Å²) in [6.07, 6.45) is 5.88. The molecule has 0 bridgehead atoms. The number of hydrogen-bond acceptors (Lipinski definition) is 3. The second-order valence-corrected chi connectivity index (χ2v) is 4.51. The van der Waals surface area contributed by atoms with Gasteiger partial charge in [-0.05, 0) is 24.8 Å². The highest BCUT2D eigenvalue weighted by molar-refractivity contribution is 5.53. The van der Waals surface area contributed by atoms with E-state index in [0.29, 0.717) is 0 Å². The normalized spacial score (nSPS) is 20.9. The summed E-state index contributed by atoms with van der Waals surface area (Å²) in [6.45, 7) is 4.67. The lowest BCUT2D eigenvalue weighted by Gasteiger charge is -2.34. The van der Waals surface area contributed by atoms with Gasteiger partial charge >= 0.3 is 0 Å². The van der Waals surface area contributed by atoms with Crippen molar-refractivity contribution >= 4 is 11.5 Å². The lowest BCUT2D eigenvalue weighted by Crippen LogP contribution is -2.35. The Morgan fingerprint density at radius 3 is 3.19 bits per heavy atom. The van der Waals surface area contributed by atoms with E-state index in [9.17, 15) is 0 Å². The molecule has 2 heterocycles. The van der Waals surface area contributed by atoms with Gasteiger partial charge in [-0.3, -0.25) is 0 Å². The van der Waals surface area contributed by atoms with Crippen LogP contribution >= 0.6 is 0 Å². The molecule has 16 heavy (non-hydrogen) atoms. The molecule has 3 heteroatoms. The molecule has 3 nitrogen and oxygen atoms in total. The Kier molecular flexibility index (Phi) is 3.65. The van der Waals surface area contributed by atoms with Crippen LogP contribution in [0.4, 0.5) is 11.5 Å². The van der Waals surface area contributed by atoms with Crippen LogP contribution in [0.5, 0.6) is 0 Å². The molecule has 0 aromatic carbocycles. The Bertz CT molecular complexity index is 338. The smallest absolute Gasteiger partial charge is 0.127 e. The lowest BCUT2D eigenvalue weighted by atomic mass is 9.95. The first-order valence-corrected chi connectivity index (χ1v) is 6.22. The first-order valence-electron chi connectivity index (χ1n) is 6.22. The fraction of sp³-hybridized carbons (Fsp3) is 0.615. The van der Waals surface area contributed by atoms with Crippen molar-refractivity contribution < 1.29 is 0 Å². The predicted molar refractivity (Wildman–Crippen MR) is 69.0 cm³/mol. The largest absolute Gasteiger partial charge is 0.373 e. The number of hydrogen-bond donors (Lipinski definition) is 1. The summed E-state index contributed by atoms with van der Waals surface area (Å²) >= 11 is 0. The van der Waals surface area contributed by atoms with Crippen molar-refractivity contribution in [2.45, 2.75) is 26.2 Å². The number of pyridine rings is 1. The summed E-state index contributed by atoms with van der Waals surface area (Å²) in [5, 5.41) is 3.09. The summed E-state index contributed by atoms with van der Waals surface area (Å²) in [5.74, 6) is 1.82. The second kappa shape index (κ2) is 5.19. The van der Waals surface area contributed by atoms with E-state index in [-0.39, 0.29) is 0 Å². The van der Waals surface area contributed by atoms with E-state index >= 15 is 0 Å². The third-order valence-electron chi connectivity index (χ3n) is 3.46. The van der Waals surface area contributed by atoms with Crippen LogP contribution in [-0.2, 0) is 0 Å². The van der Waals surface area contributed by atoms with Crippen LogP contribution in [0, 0.1) is 5.92 Å². The number of rotatable bonds is 3. The van der Waals surface area contributed by atoms with Crippen LogP contribution in [-0.4, -0.2) is 25.1 Å². The van der Waals surface area contributed by atoms with E-state index in [4.69, 9.17) is 0 Å². The standard InChI is InChI=1S/C13H21N3/c1-3-11-5-4-8-16(10-11)12-6-7-15-13(9-12)14-2/h6-7,9,11H,3-5,8,10H2,1-2H3,(H,14,15). The highest BCUT2D eigenvalue weighted by Crippen LogP contribution is 2.25. The molecule has 1 aliphatic rings. The van der Waals surface area contributed by atoms with Gasteiger partial charge in [0.15, 0.2) is 0 Å². The van der Waals surface area contributed by atoms with Crippen LogP contribution in [0.1, 0.15) is 26.2 Å². The highest BCUT2D eigenvalue weighted by atomic mass is 15.1. The van der Waals surface area contributed by atoms with Gasteiger partial charge < -0.3 is 10.2 Å². The number of piperidine rings is 1. The minimum atomic E-state index is 0.861. The summed E-state index contributed by atoms with van der Waals surface area (Å²) < 4.78 is 0. The summed E-state index contributed by atoms with van der Waals surface area (Å²) in [4.78, 5) is 6.74. The van der Waals surface area contributed by atoms with Gasteiger partial charge in [0.2, 0.25) is 0 Å². The molecule has 0 amide bonds. The summed E-state index contributed by atoms with van der Waals surface area (Å²) in [5.41, 5.74) is 1.30. The number of anilines is 2. The molecule has 2 rings (SSSR count). The van der Waals surface area contributed by atoms with Crippen LogP contribution in [0.15, 0.2) is 18.3 Å². The zero-order valence-corrected chi connectivity index (χ0v) is 10.2. The zero-order chi connectivity index (χ0) is 11.4. The fourth-order valence-electron chi connectivity index (χ4n) is 2.39. The lowest BCUT2D eigenvalue weighted by molar-refractivity contribution is 0.404. The molecule has 0 radical (unpaired) electrons. The molecule has 1 saturated heterocycles. The second-order valence-electron chi connectivity index (χ2n) is 4.51. The van der Waals surface area contributed by atoms with Crippen molar-refractivity contribution in [3.63, 3.8) is 0 Å². The Morgan fingerprint density at radius 1 is 1.56 bits per heavy atom. The molecule has 1 atom stereocenters. The van der Waals surface area contributed by atoms with E-state index in [1.54, 1.807) is 0 Å². The minimum absolute atomic E-state index is 0.861. The predicted octanol–water partition coefficient (Wildman–Crippen LogP) is 2.75. The summed E-state index contributed by atoms with van der Waals surface area (Å²) in [6, 6.07) is 4.25. The van der Waals surface area contributed by atoms with E-state index in [1.807, 2.05) is 13.2 Å². The zero-order valence-electron chi connectivity index (χ0n) is 10.2. The Hall–Kier alpha value is -1.25. The average molecular weight is 219 g/mol. The van der Waals surface area contributed by atoms with Gasteiger partial charge in [0.1, 0.15) is 5.82 Å². The van der Waals surface area contributed by atoms with Gasteiger partial charge in [0.05, 0.1) is 0 Å². The Morgan fingerprint density at radius 2 is 2.44 bits per heavy atom. The molecule has 0 spiro atoms. The molecule has 1 N–H and O–H groups in total. The first-order chi connectivity index (χ1) is 7.83. The molecule has 88 valence electrons. The summed E-state index contributed by atoms with van der Waals surface area (Å²) in [7, 11) is 1.91. The molecular formula is C13H21N3. The van der Waals surface area contributed by atoms with E-state index < -0.39 is 0 Å². The minimum Gasteiger partial charge on any atom is -0.373 e. The van der Waals surface area contributed by atoms with Gasteiger partial charge in [0, 0.05) is 38.1 Å². The Labute approximate surface area is 97.9 Å². The third kappa shape index (κ3) is 2.46. The first kappa shape index (κ1) is 11.2. The van der Waals surface area contributed by atoms with Crippen molar-refractivity contribution in [2.24, 2.45) is 5.92 Å². The number of nitrogens with zero attached hydrogens (tertiary/aromatic N) is 2. The van der Waals surface area contributed by atoms with E-state index in [2.05, 4.69) is 34.3 Å². The van der Waals surface area contributed by atoms with Crippen LogP contribution < -0.4 is 10.2 Å². The molecular weight excluding hydrogens is 198 g/mol. The third-order valence-corrected chi connectivity index (χ3v) is 3.46. The Balaban J connectivity index is 2.10. The van der Waals surface area contributed by atoms with Crippen molar-refractivity contribution in [3.8, 4) is 0 Å². The van der Waals surface area contributed by atoms with Crippen molar-refractivity contribution in [3.05, 3.63) is 18.3 Å². The van der Waals surface area contributed by atoms with Crippen LogP contribution in [0.25, 0.3) is 0 Å².